The van der Waals surface area contributed by atoms with E-state index in [4.69, 9.17) is 16.7 Å². The van der Waals surface area contributed by atoms with E-state index in [1.807, 2.05) is 0 Å². The molecule has 0 radical (unpaired) electrons. The molecule has 0 saturated heterocycles. The first-order chi connectivity index (χ1) is 10.1. The number of aromatic nitrogens is 2. The maximum atomic E-state index is 11.8. The summed E-state index contributed by atoms with van der Waals surface area (Å²) in [7, 11) is 0. The second kappa shape index (κ2) is 6.81. The molecule has 0 spiro atoms. The van der Waals surface area contributed by atoms with Crippen LogP contribution in [-0.2, 0) is 6.42 Å². The van der Waals surface area contributed by atoms with E-state index in [-0.39, 0.29) is 22.3 Å². The Morgan fingerprint density at radius 3 is 2.81 bits per heavy atom. The lowest BCUT2D eigenvalue weighted by atomic mass is 10.1. The lowest BCUT2D eigenvalue weighted by Gasteiger charge is -2.05. The Balaban J connectivity index is 1.91. The van der Waals surface area contributed by atoms with Crippen LogP contribution in [-0.4, -0.2) is 33.5 Å². The number of carbonyl (C=O) groups is 2. The maximum absolute atomic E-state index is 11.8. The summed E-state index contributed by atoms with van der Waals surface area (Å²) in [6, 6.07) is 6.57. The van der Waals surface area contributed by atoms with Crippen molar-refractivity contribution in [1.29, 1.82) is 0 Å². The molecule has 2 rings (SSSR count). The second-order valence-electron chi connectivity index (χ2n) is 4.24. The highest BCUT2D eigenvalue weighted by molar-refractivity contribution is 6.29. The highest BCUT2D eigenvalue weighted by Gasteiger charge is 2.08. The van der Waals surface area contributed by atoms with Crippen LogP contribution in [0.4, 0.5) is 0 Å². The van der Waals surface area contributed by atoms with Crippen molar-refractivity contribution in [3.05, 3.63) is 58.6 Å². The summed E-state index contributed by atoms with van der Waals surface area (Å²) in [4.78, 5) is 30.3. The Labute approximate surface area is 125 Å². The number of carboxylic acid groups (broad SMARTS) is 1. The van der Waals surface area contributed by atoms with Crippen LogP contribution in [0.1, 0.15) is 26.4 Å². The number of aromatic carboxylic acids is 1. The van der Waals surface area contributed by atoms with Gasteiger partial charge in [-0.05, 0) is 24.1 Å². The third-order valence-electron chi connectivity index (χ3n) is 2.71. The van der Waals surface area contributed by atoms with Gasteiger partial charge in [-0.15, -0.1) is 0 Å². The van der Waals surface area contributed by atoms with Gasteiger partial charge in [-0.3, -0.25) is 9.78 Å². The Morgan fingerprint density at radius 1 is 1.29 bits per heavy atom. The first-order valence-electron chi connectivity index (χ1n) is 6.14. The number of rotatable bonds is 5. The first kappa shape index (κ1) is 14.9. The number of nitrogens with one attached hydrogen (secondary N) is 1. The van der Waals surface area contributed by atoms with E-state index in [1.165, 1.54) is 18.5 Å². The van der Waals surface area contributed by atoms with Crippen LogP contribution >= 0.6 is 11.6 Å². The van der Waals surface area contributed by atoms with E-state index >= 15 is 0 Å². The summed E-state index contributed by atoms with van der Waals surface area (Å²) < 4.78 is 0. The van der Waals surface area contributed by atoms with Gasteiger partial charge < -0.3 is 10.4 Å². The zero-order valence-electron chi connectivity index (χ0n) is 10.9. The number of hydrogen-bond donors (Lipinski definition) is 2. The fourth-order valence-corrected chi connectivity index (χ4v) is 1.87. The molecule has 21 heavy (non-hydrogen) atoms. The van der Waals surface area contributed by atoms with Crippen LogP contribution in [0.15, 0.2) is 36.7 Å². The monoisotopic (exact) mass is 305 g/mol. The maximum Gasteiger partial charge on any atom is 0.335 e. The minimum atomic E-state index is -0.977. The minimum absolute atomic E-state index is 0.141. The van der Waals surface area contributed by atoms with E-state index in [1.54, 1.807) is 18.2 Å². The van der Waals surface area contributed by atoms with Gasteiger partial charge in [0.05, 0.1) is 18.0 Å². The lowest BCUT2D eigenvalue weighted by Crippen LogP contribution is -2.26. The highest BCUT2D eigenvalue weighted by Crippen LogP contribution is 2.06. The molecule has 2 aromatic rings. The smallest absolute Gasteiger partial charge is 0.335 e. The standard InChI is InChI=1S/C14H12ClN3O3/c15-12-8-16-7-11(18-12)13(19)17-5-4-9-2-1-3-10(6-9)14(20)21/h1-3,6-8H,4-5H2,(H,17,19)(H,20,21). The Kier molecular flexibility index (Phi) is 4.84. The van der Waals surface area contributed by atoms with Crippen molar-refractivity contribution in [2.24, 2.45) is 0 Å². The van der Waals surface area contributed by atoms with Gasteiger partial charge in [0, 0.05) is 6.54 Å². The number of halogens is 1. The van der Waals surface area contributed by atoms with Crippen molar-refractivity contribution in [2.75, 3.05) is 6.54 Å². The molecule has 1 heterocycles. The number of nitrogens with zero attached hydrogens (tertiary/aromatic N) is 2. The average molecular weight is 306 g/mol. The van der Waals surface area contributed by atoms with Crippen molar-refractivity contribution in [2.45, 2.75) is 6.42 Å². The molecular weight excluding hydrogens is 294 g/mol. The van der Waals surface area contributed by atoms with Crippen molar-refractivity contribution in [1.82, 2.24) is 15.3 Å². The van der Waals surface area contributed by atoms with Gasteiger partial charge in [0.1, 0.15) is 10.8 Å². The minimum Gasteiger partial charge on any atom is -0.478 e. The molecule has 0 fully saturated rings. The molecule has 1 amide bonds. The van der Waals surface area contributed by atoms with Crippen molar-refractivity contribution in [3.8, 4) is 0 Å². The first-order valence-corrected chi connectivity index (χ1v) is 6.52. The van der Waals surface area contributed by atoms with Gasteiger partial charge >= 0.3 is 5.97 Å². The van der Waals surface area contributed by atoms with E-state index < -0.39 is 5.97 Å². The fraction of sp³-hybridized carbons (Fsp3) is 0.143. The Hall–Kier alpha value is -2.47. The molecule has 7 heteroatoms. The Bertz CT molecular complexity index is 676. The number of amides is 1. The summed E-state index contributed by atoms with van der Waals surface area (Å²) in [5.41, 5.74) is 1.19. The normalized spacial score (nSPS) is 10.1. The van der Waals surface area contributed by atoms with E-state index in [2.05, 4.69) is 15.3 Å². The van der Waals surface area contributed by atoms with Gasteiger partial charge in [-0.1, -0.05) is 23.7 Å². The molecule has 1 aromatic carbocycles. The van der Waals surface area contributed by atoms with Gasteiger partial charge in [0.25, 0.3) is 5.91 Å². The zero-order valence-corrected chi connectivity index (χ0v) is 11.7. The third-order valence-corrected chi connectivity index (χ3v) is 2.89. The molecule has 6 nitrogen and oxygen atoms in total. The van der Waals surface area contributed by atoms with E-state index in [0.29, 0.717) is 13.0 Å². The summed E-state index contributed by atoms with van der Waals surface area (Å²) in [6.45, 7) is 0.357. The summed E-state index contributed by atoms with van der Waals surface area (Å²) in [5.74, 6) is -1.35. The number of hydrogen-bond acceptors (Lipinski definition) is 4. The molecule has 0 bridgehead atoms. The van der Waals surface area contributed by atoms with Gasteiger partial charge in [-0.2, -0.15) is 0 Å². The molecule has 0 saturated carbocycles. The number of carboxylic acids is 1. The van der Waals surface area contributed by atoms with Crippen LogP contribution in [0.5, 0.6) is 0 Å². The Morgan fingerprint density at radius 2 is 2.10 bits per heavy atom. The topological polar surface area (TPSA) is 92.2 Å². The average Bonchev–Trinajstić information content (AvgIpc) is 2.47. The van der Waals surface area contributed by atoms with Crippen LogP contribution in [0.25, 0.3) is 0 Å². The molecule has 108 valence electrons. The SMILES string of the molecule is O=C(O)c1cccc(CCNC(=O)c2cncc(Cl)n2)c1. The molecule has 0 atom stereocenters. The summed E-state index contributed by atoms with van der Waals surface area (Å²) >= 11 is 5.66. The molecule has 0 aliphatic rings. The van der Waals surface area contributed by atoms with Gasteiger partial charge in [-0.25, -0.2) is 9.78 Å². The molecule has 0 aliphatic carbocycles. The van der Waals surface area contributed by atoms with Gasteiger partial charge in [0.15, 0.2) is 0 Å². The van der Waals surface area contributed by atoms with E-state index in [9.17, 15) is 9.59 Å². The largest absolute Gasteiger partial charge is 0.478 e. The molecule has 0 aliphatic heterocycles. The third kappa shape index (κ3) is 4.25. The van der Waals surface area contributed by atoms with Gasteiger partial charge in [0.2, 0.25) is 0 Å². The predicted octanol–water partition coefficient (Wildman–Crippen LogP) is 1.80. The molecule has 2 N–H and O–H groups in total. The molecule has 1 aromatic heterocycles. The van der Waals surface area contributed by atoms with Crippen LogP contribution < -0.4 is 5.32 Å². The van der Waals surface area contributed by atoms with Crippen LogP contribution in [0.2, 0.25) is 5.15 Å². The fourth-order valence-electron chi connectivity index (χ4n) is 1.72. The van der Waals surface area contributed by atoms with Crippen molar-refractivity contribution < 1.29 is 14.7 Å². The van der Waals surface area contributed by atoms with Crippen molar-refractivity contribution >= 4 is 23.5 Å². The number of benzene rings is 1. The predicted molar refractivity (Wildman–Crippen MR) is 76.5 cm³/mol. The number of carbonyl (C=O) groups excluding carboxylic acids is 1. The summed E-state index contributed by atoms with van der Waals surface area (Å²) in [6.07, 6.45) is 3.18. The van der Waals surface area contributed by atoms with E-state index in [0.717, 1.165) is 5.56 Å². The molecular formula is C14H12ClN3O3. The second-order valence-corrected chi connectivity index (χ2v) is 4.63. The molecule has 0 unspecified atom stereocenters. The summed E-state index contributed by atoms with van der Waals surface area (Å²) in [5, 5.41) is 11.7. The zero-order chi connectivity index (χ0) is 15.2. The van der Waals surface area contributed by atoms with Crippen molar-refractivity contribution in [3.63, 3.8) is 0 Å². The van der Waals surface area contributed by atoms with Crippen LogP contribution in [0.3, 0.4) is 0 Å². The van der Waals surface area contributed by atoms with Crippen LogP contribution in [0, 0.1) is 0 Å². The highest BCUT2D eigenvalue weighted by atomic mass is 35.5. The lowest BCUT2D eigenvalue weighted by molar-refractivity contribution is 0.0696. The quantitative estimate of drug-likeness (QED) is 0.878.